The number of halogens is 1. The van der Waals surface area contributed by atoms with Gasteiger partial charge in [0.15, 0.2) is 11.7 Å². The molecule has 5 N–H and O–H groups in total. The summed E-state index contributed by atoms with van der Waals surface area (Å²) in [6, 6.07) is 18.5. The highest BCUT2D eigenvalue weighted by Crippen LogP contribution is 2.49. The van der Waals surface area contributed by atoms with Crippen molar-refractivity contribution >= 4 is 25.6 Å². The number of aliphatic hydroxyl groups is 4. The van der Waals surface area contributed by atoms with Crippen LogP contribution in [-0.4, -0.2) is 81.2 Å². The van der Waals surface area contributed by atoms with E-state index in [1.54, 1.807) is 54.6 Å². The lowest BCUT2D eigenvalue weighted by Gasteiger charge is -2.60. The highest BCUT2D eigenvalue weighted by atomic mass is 28.3. The van der Waals surface area contributed by atoms with Crippen molar-refractivity contribution in [1.29, 1.82) is 0 Å². The van der Waals surface area contributed by atoms with E-state index in [9.17, 15) is 39.5 Å². The van der Waals surface area contributed by atoms with E-state index in [-0.39, 0.29) is 18.6 Å². The number of para-hydroxylation sites is 1. The molecule has 1 amide bonds. The Bertz CT molecular complexity index is 1690. The Morgan fingerprint density at radius 3 is 2.23 bits per heavy atom. The number of amides is 1. The summed E-state index contributed by atoms with van der Waals surface area (Å²) in [7, 11) is -1.68. The van der Waals surface area contributed by atoms with Crippen LogP contribution in [0.3, 0.4) is 0 Å². The van der Waals surface area contributed by atoms with E-state index in [2.05, 4.69) is 31.1 Å². The summed E-state index contributed by atoms with van der Waals surface area (Å²) in [5.74, 6) is -2.52. The lowest BCUT2D eigenvalue weighted by atomic mass is 9.65. The zero-order valence-corrected chi connectivity index (χ0v) is 28.1. The monoisotopic (exact) mass is 677 g/mol. The summed E-state index contributed by atoms with van der Waals surface area (Å²) in [6.45, 7) is 7.56. The number of hydrogen-bond acceptors (Lipinski definition) is 8. The maximum atomic E-state index is 13.8. The van der Waals surface area contributed by atoms with Gasteiger partial charge in [-0.05, 0) is 66.9 Å². The number of β-lactam (4-membered cyclic amide) rings is 1. The average molecular weight is 678 g/mol. The van der Waals surface area contributed by atoms with Crippen molar-refractivity contribution in [1.82, 2.24) is 0 Å². The molecule has 0 spiro atoms. The molecule has 5 rings (SSSR count). The SMILES string of the molecule is CC1(Oc2ccccc2)O[C@H](C(=O)O)[C@](O)([C@@H]2[C@@H](CC[C@H](O)c3ccc(F)cc3)C(=O)N2c2ccc(C#C[Si](C)(C)C)cc2)[C@H](O)[C@H]1O. The van der Waals surface area contributed by atoms with Gasteiger partial charge in [0, 0.05) is 18.2 Å². The van der Waals surface area contributed by atoms with Crippen molar-refractivity contribution in [2.45, 2.75) is 81.3 Å². The number of aliphatic carboxylic acids is 1. The number of carbonyl (C=O) groups excluding carboxylic acids is 1. The molecule has 3 aromatic carbocycles. The van der Waals surface area contributed by atoms with Crippen LogP contribution in [0.5, 0.6) is 5.75 Å². The second-order valence-electron chi connectivity index (χ2n) is 13.5. The quantitative estimate of drug-likeness (QED) is 0.130. The molecule has 0 saturated carbocycles. The topological polar surface area (TPSA) is 157 Å². The van der Waals surface area contributed by atoms with Crippen LogP contribution in [-0.2, 0) is 14.3 Å². The van der Waals surface area contributed by atoms with Crippen LogP contribution in [0.25, 0.3) is 0 Å². The number of nitrogens with zero attached hydrogens (tertiary/aromatic N) is 1. The Morgan fingerprint density at radius 1 is 1.02 bits per heavy atom. The number of carbonyl (C=O) groups is 2. The Balaban J connectivity index is 1.51. The smallest absolute Gasteiger partial charge is 0.336 e. The molecule has 2 saturated heterocycles. The number of ether oxygens (including phenoxy) is 2. The van der Waals surface area contributed by atoms with E-state index in [0.717, 1.165) is 0 Å². The standard InChI is InChI=1S/C36H40FNO9Si/c1-35(46-26-8-6-5-7-9-26)30(40)31(41)36(45,32(47-35)34(43)44)29-27(18-19-28(39)23-12-14-24(37)15-13-23)33(42)38(29)25-16-10-22(11-17-25)20-21-48(2,3)4/h5-17,27-32,39-41,45H,18-19H2,1-4H3,(H,43,44)/t27-,28+,29+,30-,31-,32-,35?,36+/m1/s1. The maximum Gasteiger partial charge on any atom is 0.336 e. The Hall–Kier alpha value is -4.09. The minimum absolute atomic E-state index is 0.0141. The summed E-state index contributed by atoms with van der Waals surface area (Å²) in [6.07, 6.45) is -7.49. The number of rotatable bonds is 9. The number of aliphatic hydroxyl groups excluding tert-OH is 3. The van der Waals surface area contributed by atoms with Crippen LogP contribution >= 0.6 is 0 Å². The second-order valence-corrected chi connectivity index (χ2v) is 18.2. The fourth-order valence-electron chi connectivity index (χ4n) is 6.28. The molecule has 8 atom stereocenters. The van der Waals surface area contributed by atoms with Gasteiger partial charge in [0.2, 0.25) is 11.7 Å². The van der Waals surface area contributed by atoms with Gasteiger partial charge in [-0.1, -0.05) is 55.9 Å². The Morgan fingerprint density at radius 2 is 1.65 bits per heavy atom. The second kappa shape index (κ2) is 13.4. The van der Waals surface area contributed by atoms with E-state index >= 15 is 0 Å². The van der Waals surface area contributed by atoms with E-state index in [1.807, 2.05) is 0 Å². The summed E-state index contributed by atoms with van der Waals surface area (Å²) in [5, 5.41) is 56.6. The van der Waals surface area contributed by atoms with Crippen molar-refractivity contribution in [3.8, 4) is 17.2 Å². The van der Waals surface area contributed by atoms with E-state index in [1.165, 1.54) is 36.1 Å². The van der Waals surface area contributed by atoms with E-state index in [4.69, 9.17) is 9.47 Å². The van der Waals surface area contributed by atoms with Crippen LogP contribution in [0, 0.1) is 23.2 Å². The molecular weight excluding hydrogens is 637 g/mol. The Kier molecular flexibility index (Phi) is 9.85. The van der Waals surface area contributed by atoms with Gasteiger partial charge in [0.25, 0.3) is 0 Å². The molecule has 254 valence electrons. The summed E-state index contributed by atoms with van der Waals surface area (Å²) >= 11 is 0. The minimum atomic E-state index is -2.75. The molecule has 48 heavy (non-hydrogen) atoms. The van der Waals surface area contributed by atoms with E-state index < -0.39 is 73.5 Å². The first-order valence-electron chi connectivity index (χ1n) is 15.7. The van der Waals surface area contributed by atoms with Crippen molar-refractivity contribution in [2.75, 3.05) is 4.90 Å². The van der Waals surface area contributed by atoms with Gasteiger partial charge in [-0.25, -0.2) is 9.18 Å². The third kappa shape index (κ3) is 6.89. The minimum Gasteiger partial charge on any atom is -0.479 e. The Labute approximate surface area is 279 Å². The lowest BCUT2D eigenvalue weighted by Crippen LogP contribution is -2.83. The molecule has 0 aliphatic carbocycles. The van der Waals surface area contributed by atoms with Gasteiger partial charge in [0.05, 0.1) is 18.1 Å². The van der Waals surface area contributed by atoms with Crippen LogP contribution in [0.2, 0.25) is 19.6 Å². The van der Waals surface area contributed by atoms with Gasteiger partial charge in [-0.3, -0.25) is 4.79 Å². The number of carboxylic acid groups (broad SMARTS) is 1. The van der Waals surface area contributed by atoms with Gasteiger partial charge in [-0.2, -0.15) is 0 Å². The molecule has 0 bridgehead atoms. The largest absolute Gasteiger partial charge is 0.479 e. The molecule has 2 fully saturated rings. The zero-order chi connectivity index (χ0) is 35.0. The van der Waals surface area contributed by atoms with Crippen molar-refractivity contribution < 1.29 is 49.0 Å². The third-order valence-electron chi connectivity index (χ3n) is 8.79. The van der Waals surface area contributed by atoms with Crippen molar-refractivity contribution in [3.05, 3.63) is 95.8 Å². The fraction of sp³-hybridized carbons (Fsp3) is 0.389. The number of benzene rings is 3. The number of carboxylic acids is 1. The molecule has 0 aromatic heterocycles. The first-order valence-corrected chi connectivity index (χ1v) is 19.2. The summed E-state index contributed by atoms with van der Waals surface area (Å²) in [5.41, 5.74) is 1.91. The fourth-order valence-corrected chi connectivity index (χ4v) is 6.80. The van der Waals surface area contributed by atoms with Crippen LogP contribution in [0.15, 0.2) is 78.9 Å². The zero-order valence-electron chi connectivity index (χ0n) is 27.1. The highest BCUT2D eigenvalue weighted by Gasteiger charge is 2.71. The average Bonchev–Trinajstić information content (AvgIpc) is 3.04. The first-order chi connectivity index (χ1) is 22.5. The summed E-state index contributed by atoms with van der Waals surface area (Å²) in [4.78, 5) is 27.8. The molecular formula is C36H40FNO9Si. The van der Waals surface area contributed by atoms with Crippen molar-refractivity contribution in [3.63, 3.8) is 0 Å². The molecule has 2 aliphatic rings. The van der Waals surface area contributed by atoms with Gasteiger partial charge >= 0.3 is 5.97 Å². The molecule has 12 heteroatoms. The molecule has 2 heterocycles. The maximum absolute atomic E-state index is 13.8. The van der Waals surface area contributed by atoms with Gasteiger partial charge < -0.3 is 39.9 Å². The van der Waals surface area contributed by atoms with Gasteiger partial charge in [-0.15, -0.1) is 5.54 Å². The molecule has 1 unspecified atom stereocenters. The van der Waals surface area contributed by atoms with Crippen LogP contribution in [0.1, 0.15) is 37.0 Å². The molecule has 0 radical (unpaired) electrons. The third-order valence-corrected chi connectivity index (χ3v) is 9.67. The van der Waals surface area contributed by atoms with Crippen LogP contribution in [0.4, 0.5) is 10.1 Å². The molecule has 2 aliphatic heterocycles. The predicted molar refractivity (Wildman–Crippen MR) is 177 cm³/mol. The van der Waals surface area contributed by atoms with E-state index in [0.29, 0.717) is 16.8 Å². The van der Waals surface area contributed by atoms with Crippen molar-refractivity contribution in [2.24, 2.45) is 5.92 Å². The first kappa shape index (κ1) is 35.2. The van der Waals surface area contributed by atoms with Crippen LogP contribution < -0.4 is 9.64 Å². The normalized spacial score (nSPS) is 29.3. The number of hydrogen-bond donors (Lipinski definition) is 5. The molecule has 3 aromatic rings. The lowest BCUT2D eigenvalue weighted by molar-refractivity contribution is -0.354. The molecule has 10 nitrogen and oxygen atoms in total. The summed E-state index contributed by atoms with van der Waals surface area (Å²) < 4.78 is 25.1. The predicted octanol–water partition coefficient (Wildman–Crippen LogP) is 3.63. The van der Waals surface area contributed by atoms with Gasteiger partial charge in [0.1, 0.15) is 31.8 Å². The highest BCUT2D eigenvalue weighted by molar-refractivity contribution is 6.83. The number of anilines is 1.